The number of hydrogen-bond donors (Lipinski definition) is 12. The van der Waals surface area contributed by atoms with Gasteiger partial charge in [-0.1, -0.05) is 72.8 Å². The molecule has 0 bridgehead atoms. The first kappa shape index (κ1) is 108. The maximum Gasteiger partial charge on any atom is 0.374 e. The van der Waals surface area contributed by atoms with E-state index < -0.39 is 45.6 Å². The van der Waals surface area contributed by atoms with E-state index in [1.54, 1.807) is 72.8 Å². The van der Waals surface area contributed by atoms with Crippen LogP contribution in [0.2, 0.25) is 0 Å². The van der Waals surface area contributed by atoms with Crippen LogP contribution in [0.15, 0.2) is 146 Å². The molecule has 48 heteroatoms. The Morgan fingerprint density at radius 3 is 0.530 bits per heavy atom. The average molecular weight is 1960 g/mol. The Balaban J connectivity index is 0.000000206. The molecule has 0 amide bonds. The number of pyridine rings is 6. The smallest absolute Gasteiger partial charge is 0.374 e. The lowest BCUT2D eigenvalue weighted by Crippen LogP contribution is -2.33. The summed E-state index contributed by atoms with van der Waals surface area (Å²) in [4.78, 5) is 154. The molecule has 0 aliphatic carbocycles. The van der Waals surface area contributed by atoms with Gasteiger partial charge in [0.2, 0.25) is 0 Å². The van der Waals surface area contributed by atoms with Crippen LogP contribution in [0.5, 0.6) is 0 Å². The lowest BCUT2D eigenvalue weighted by atomic mass is 10.2. The molecule has 12 N–H and O–H groups in total. The number of ether oxygens (including phenoxy) is 12. The standard InChI is InChI=1S/C32H42N4O10P2.C28H40N4O10P2.C24H38N4O10P2/c37-47(38,39)29-5-1-3-25-7-9-27(33-31(25)29)23-35-11-15-43-19-21-45-17-13-36(14-18-46-22-20-44-16-12-35)24-28-10-8-26-4-2-6-30(32(26)34-28)48(40,41)42;33-43(34,35)26-5-1-3-23-7-8-25(30-28(23)26)22-32-11-15-41-19-17-39-13-9-31(10-14-40-18-20-42-16-12-32)21-24-4-2-6-27(29-24)44(36,37)38;29-39(30,31)23-5-1-3-21(25-23)19-27-7-11-35-15-17-37-13-9-28(10-14-38-18-16-36-12-8-27)20-22-4-2-6-24(26-22)40(32,33)34/h1-10H,11-24H2,(H2,37,38,39)(H2,40,41,42);1-8H,9-22H2,(H2,33,34,35)(H2,36,37,38);1-6H,7-20H2,(H2,29,30,31)(H2,32,33,34). The summed E-state index contributed by atoms with van der Waals surface area (Å²) in [5.74, 6) is 0. The molecule has 3 saturated heterocycles. The van der Waals surface area contributed by atoms with Crippen LogP contribution in [-0.4, -0.2) is 355 Å². The van der Waals surface area contributed by atoms with E-state index in [-0.39, 0.29) is 32.2 Å². The molecule has 3 fully saturated rings. The summed E-state index contributed by atoms with van der Waals surface area (Å²) in [5.41, 5.74) is 3.82. The minimum absolute atomic E-state index is 0.0848. The lowest BCUT2D eigenvalue weighted by molar-refractivity contribution is 0.00600. The third kappa shape index (κ3) is 38.8. The van der Waals surface area contributed by atoms with Crippen LogP contribution in [-0.2, 0) is 124 Å². The molecular weight excluding hydrogens is 1840 g/mol. The van der Waals surface area contributed by atoms with Crippen LogP contribution in [0, 0.1) is 0 Å². The number of rotatable bonds is 18. The number of para-hydroxylation sites is 3. The highest BCUT2D eigenvalue weighted by Crippen LogP contribution is 2.39. The molecule has 42 nitrogen and oxygen atoms in total. The molecule has 3 aliphatic rings. The molecule has 0 saturated carbocycles. The number of fused-ring (bicyclic) bond motifs is 3. The zero-order valence-electron chi connectivity index (χ0n) is 73.3. The van der Waals surface area contributed by atoms with Crippen molar-refractivity contribution in [2.45, 2.75) is 39.3 Å². The Bertz CT molecular complexity index is 5060. The molecule has 3 aromatic carbocycles. The van der Waals surface area contributed by atoms with Crippen LogP contribution in [0.1, 0.15) is 34.2 Å². The summed E-state index contributed by atoms with van der Waals surface area (Å²) in [6, 6.07) is 39.3. The van der Waals surface area contributed by atoms with Crippen LogP contribution < -0.4 is 32.2 Å². The number of nitrogens with zero attached hydrogens (tertiary/aromatic N) is 12. The van der Waals surface area contributed by atoms with Gasteiger partial charge in [-0.2, -0.15) is 0 Å². The predicted octanol–water partition coefficient (Wildman–Crippen LogP) is 1.86. The first-order valence-corrected chi connectivity index (χ1v) is 52.6. The maximum atomic E-state index is 12.0. The second kappa shape index (κ2) is 55.2. The molecule has 9 heterocycles. The summed E-state index contributed by atoms with van der Waals surface area (Å²) >= 11 is 0. The van der Waals surface area contributed by atoms with Gasteiger partial charge in [0.05, 0.1) is 225 Å². The zero-order chi connectivity index (χ0) is 94.3. The molecule has 0 spiro atoms. The summed E-state index contributed by atoms with van der Waals surface area (Å²) < 4.78 is 140. The topological polar surface area (TPSA) is 553 Å². The van der Waals surface area contributed by atoms with Crippen molar-refractivity contribution in [3.8, 4) is 0 Å². The Morgan fingerprint density at radius 1 is 0.197 bits per heavy atom. The third-order valence-electron chi connectivity index (χ3n) is 20.7. The maximum absolute atomic E-state index is 12.0. The molecule has 132 heavy (non-hydrogen) atoms. The molecule has 0 atom stereocenters. The van der Waals surface area contributed by atoms with Gasteiger partial charge in [0.25, 0.3) is 0 Å². The van der Waals surface area contributed by atoms with Crippen molar-refractivity contribution >= 4 is 111 Å². The second-order valence-corrected chi connectivity index (χ2v) is 40.0. The minimum atomic E-state index is -4.48. The molecule has 6 aromatic heterocycles. The lowest BCUT2D eigenvalue weighted by Gasteiger charge is -2.23. The van der Waals surface area contributed by atoms with Crippen LogP contribution in [0.3, 0.4) is 0 Å². The first-order valence-electron chi connectivity index (χ1n) is 43.0. The van der Waals surface area contributed by atoms with E-state index in [0.717, 1.165) is 0 Å². The highest BCUT2D eigenvalue weighted by atomic mass is 31.2. The van der Waals surface area contributed by atoms with Crippen LogP contribution >= 0.6 is 45.6 Å². The Labute approximate surface area is 765 Å². The highest BCUT2D eigenvalue weighted by Gasteiger charge is 2.28. The summed E-state index contributed by atoms with van der Waals surface area (Å²) in [6.45, 7) is 19.5. The fourth-order valence-corrected chi connectivity index (χ4v) is 17.7. The molecule has 9 aromatic rings. The van der Waals surface area contributed by atoms with E-state index in [0.29, 0.717) is 343 Å². The first-order chi connectivity index (χ1) is 63.3. The van der Waals surface area contributed by atoms with Gasteiger partial charge in [0, 0.05) is 134 Å². The number of aromatic nitrogens is 6. The van der Waals surface area contributed by atoms with E-state index in [1.165, 1.54) is 36.4 Å². The van der Waals surface area contributed by atoms with Crippen molar-refractivity contribution < 1.29 is 143 Å². The largest absolute Gasteiger partial charge is 0.378 e. The van der Waals surface area contributed by atoms with Gasteiger partial charge < -0.3 is 116 Å². The fourth-order valence-electron chi connectivity index (χ4n) is 13.9. The molecular formula is C84H120N12O30P6. The molecule has 12 rings (SSSR count). The zero-order valence-corrected chi connectivity index (χ0v) is 78.7. The van der Waals surface area contributed by atoms with Gasteiger partial charge in [-0.15, -0.1) is 0 Å². The Kier molecular flexibility index (Phi) is 45.0. The fraction of sp³-hybridized carbons (Fsp3) is 0.500. The van der Waals surface area contributed by atoms with Crippen molar-refractivity contribution in [2.75, 3.05) is 237 Å². The molecule has 726 valence electrons. The Morgan fingerprint density at radius 2 is 0.364 bits per heavy atom. The quantitative estimate of drug-likeness (QED) is 0.0545. The summed E-state index contributed by atoms with van der Waals surface area (Å²) in [7, 11) is -26.7. The van der Waals surface area contributed by atoms with Crippen molar-refractivity contribution in [3.63, 3.8) is 0 Å². The van der Waals surface area contributed by atoms with Gasteiger partial charge in [0.1, 0.15) is 0 Å². The van der Waals surface area contributed by atoms with Crippen LogP contribution in [0.4, 0.5) is 0 Å². The van der Waals surface area contributed by atoms with Crippen LogP contribution in [0.25, 0.3) is 32.7 Å². The van der Waals surface area contributed by atoms with Crippen molar-refractivity contribution in [1.82, 2.24) is 59.3 Å². The predicted molar refractivity (Wildman–Crippen MR) is 489 cm³/mol. The minimum Gasteiger partial charge on any atom is -0.378 e. The van der Waals surface area contributed by atoms with Gasteiger partial charge in [-0.25, -0.2) is 15.0 Å². The molecule has 3 aliphatic heterocycles. The second-order valence-electron chi connectivity index (χ2n) is 30.7. The Hall–Kier alpha value is -6.48. The average Bonchev–Trinajstić information content (AvgIpc) is 0.795. The summed E-state index contributed by atoms with van der Waals surface area (Å²) in [5, 5.41) is 1.73. The SMILES string of the molecule is O=P(O)(O)c1cccc(CN2CCOCCOCCN(Cc3ccc4cccc(P(=O)(O)O)c4n3)CCOCCOCC2)n1.O=P(O)(O)c1cccc(CN2CCOCCOCCN(Cc3cccc(P(=O)(O)O)n3)CCOCCOCC2)n1.O=P(O)(O)c1cccc2ccc(CN3CCOCCOCCN(Cc4ccc5cccc(P(=O)(O)O)c5n4)CCOCCOCC3)nc12. The molecule has 0 radical (unpaired) electrons. The van der Waals surface area contributed by atoms with Crippen molar-refractivity contribution in [2.24, 2.45) is 0 Å². The van der Waals surface area contributed by atoms with E-state index in [9.17, 15) is 86.1 Å². The van der Waals surface area contributed by atoms with E-state index in [1.807, 2.05) is 46.2 Å². The third-order valence-corrected chi connectivity index (χ3v) is 26.2. The summed E-state index contributed by atoms with van der Waals surface area (Å²) in [6.07, 6.45) is 0. The van der Waals surface area contributed by atoms with E-state index in [4.69, 9.17) is 56.8 Å². The van der Waals surface area contributed by atoms with Gasteiger partial charge >= 0.3 is 45.6 Å². The van der Waals surface area contributed by atoms with E-state index in [2.05, 4.69) is 49.5 Å². The van der Waals surface area contributed by atoms with Gasteiger partial charge in [-0.3, -0.25) is 71.7 Å². The van der Waals surface area contributed by atoms with Gasteiger partial charge in [0.15, 0.2) is 16.3 Å². The highest BCUT2D eigenvalue weighted by molar-refractivity contribution is 7.62. The van der Waals surface area contributed by atoms with Crippen molar-refractivity contribution in [3.05, 3.63) is 180 Å². The van der Waals surface area contributed by atoms with E-state index >= 15 is 0 Å². The molecule has 0 unspecified atom stereocenters. The number of benzene rings is 3. The van der Waals surface area contributed by atoms with Gasteiger partial charge in [-0.05, 0) is 72.8 Å². The normalized spacial score (nSPS) is 18.5. The monoisotopic (exact) mass is 1960 g/mol. The number of hydrogen-bond acceptors (Lipinski definition) is 30. The van der Waals surface area contributed by atoms with Crippen molar-refractivity contribution in [1.29, 1.82) is 0 Å².